The molecule has 0 amide bonds. The molecule has 2 rings (SSSR count). The second-order valence-electron chi connectivity index (χ2n) is 6.16. The Morgan fingerprint density at radius 2 is 1.10 bits per heavy atom. The van der Waals surface area contributed by atoms with E-state index < -0.39 is 15.6 Å². The van der Waals surface area contributed by atoms with Crippen molar-refractivity contribution in [2.75, 3.05) is 0 Å². The van der Waals surface area contributed by atoms with Gasteiger partial charge in [-0.15, -0.1) is 0 Å². The first kappa shape index (κ1) is 18.8. The average molecular weight is 328 g/mol. The van der Waals surface area contributed by atoms with Crippen LogP contribution in [0.1, 0.15) is 64.2 Å². The molecule has 2 aliphatic rings. The Hall–Kier alpha value is -0.235. The van der Waals surface area contributed by atoms with Gasteiger partial charge in [0, 0.05) is 0 Å². The zero-order chi connectivity index (χ0) is 15.9. The molecule has 124 valence electrons. The fourth-order valence-electron chi connectivity index (χ4n) is 3.32. The number of rotatable bonds is 2. The fourth-order valence-corrected chi connectivity index (χ4v) is 3.32. The third kappa shape index (κ3) is 7.54. The molecule has 21 heavy (non-hydrogen) atoms. The molecule has 0 atom stereocenters. The van der Waals surface area contributed by atoms with Gasteiger partial charge in [0.15, 0.2) is 0 Å². The van der Waals surface area contributed by atoms with Crippen LogP contribution in [0.2, 0.25) is 11.6 Å². The SMILES string of the molecule is B(C1CCCCC1)C1CCCCC1.O=S(=O)(O)C(F)(F)F. The standard InChI is InChI=1S/C12H23B.CHF3O3S/c1-3-7-11(8-4-1)13-12-9-5-2-6-10-12;2-1(3,4)8(5,6)7/h11-13H,1-10H2;(H,5,6,7). The summed E-state index contributed by atoms with van der Waals surface area (Å²) in [6.07, 6.45) is 15.3. The Kier molecular flexibility index (Phi) is 7.54. The van der Waals surface area contributed by atoms with Crippen molar-refractivity contribution in [1.29, 1.82) is 0 Å². The Bertz CT molecular complexity index is 370. The van der Waals surface area contributed by atoms with Crippen LogP contribution in [-0.4, -0.2) is 25.8 Å². The summed E-state index contributed by atoms with van der Waals surface area (Å²) in [6, 6.07) is 0. The molecule has 0 aromatic rings. The highest BCUT2D eigenvalue weighted by molar-refractivity contribution is 7.86. The lowest BCUT2D eigenvalue weighted by molar-refractivity contribution is -0.0510. The highest BCUT2D eigenvalue weighted by Gasteiger charge is 2.44. The van der Waals surface area contributed by atoms with E-state index in [1.807, 2.05) is 0 Å². The van der Waals surface area contributed by atoms with Gasteiger partial charge in [-0.2, -0.15) is 21.6 Å². The van der Waals surface area contributed by atoms with Crippen molar-refractivity contribution in [2.24, 2.45) is 0 Å². The summed E-state index contributed by atoms with van der Waals surface area (Å²) in [4.78, 5) is 0. The van der Waals surface area contributed by atoms with Gasteiger partial charge in [-0.05, 0) is 0 Å². The molecule has 0 spiro atoms. The summed E-state index contributed by atoms with van der Waals surface area (Å²) < 4.78 is 57.5. The Morgan fingerprint density at radius 1 is 0.810 bits per heavy atom. The van der Waals surface area contributed by atoms with Gasteiger partial charge in [0.2, 0.25) is 0 Å². The lowest BCUT2D eigenvalue weighted by Gasteiger charge is -2.27. The summed E-state index contributed by atoms with van der Waals surface area (Å²) in [5.74, 6) is 2.24. The van der Waals surface area contributed by atoms with Gasteiger partial charge in [-0.25, -0.2) is 0 Å². The van der Waals surface area contributed by atoms with Crippen LogP contribution in [0.5, 0.6) is 0 Å². The molecule has 0 unspecified atom stereocenters. The summed E-state index contributed by atoms with van der Waals surface area (Å²) in [5, 5.41) is 0. The normalized spacial score (nSPS) is 22.3. The fraction of sp³-hybridized carbons (Fsp3) is 1.00. The first-order valence-electron chi connectivity index (χ1n) is 7.74. The van der Waals surface area contributed by atoms with E-state index in [4.69, 9.17) is 13.0 Å². The van der Waals surface area contributed by atoms with Crippen molar-refractivity contribution in [2.45, 2.75) is 81.4 Å². The van der Waals surface area contributed by atoms with Gasteiger partial charge in [-0.3, -0.25) is 4.55 Å². The average Bonchev–Trinajstić information content (AvgIpc) is 2.39. The topological polar surface area (TPSA) is 54.4 Å². The maximum Gasteiger partial charge on any atom is 0.522 e. The molecule has 3 nitrogen and oxygen atoms in total. The minimum atomic E-state index is -5.84. The van der Waals surface area contributed by atoms with Crippen molar-refractivity contribution >= 4 is 17.4 Å². The predicted octanol–water partition coefficient (Wildman–Crippen LogP) is 4.32. The first-order valence-corrected chi connectivity index (χ1v) is 9.18. The molecule has 2 fully saturated rings. The minimum Gasteiger partial charge on any atom is -0.279 e. The van der Waals surface area contributed by atoms with Crippen LogP contribution in [0.3, 0.4) is 0 Å². The molecular weight excluding hydrogens is 304 g/mol. The van der Waals surface area contributed by atoms with E-state index in [1.165, 1.54) is 38.5 Å². The zero-order valence-electron chi connectivity index (χ0n) is 12.2. The first-order chi connectivity index (χ1) is 9.70. The summed E-state index contributed by atoms with van der Waals surface area (Å²) in [5.41, 5.74) is -5.53. The summed E-state index contributed by atoms with van der Waals surface area (Å²) in [6.45, 7) is 0. The third-order valence-corrected chi connectivity index (χ3v) is 4.99. The van der Waals surface area contributed by atoms with Crippen molar-refractivity contribution in [3.8, 4) is 0 Å². The van der Waals surface area contributed by atoms with E-state index in [9.17, 15) is 13.2 Å². The minimum absolute atomic E-state index is 1.12. The van der Waals surface area contributed by atoms with E-state index in [0.717, 1.165) is 11.6 Å². The number of alkyl halides is 3. The number of hydrogen-bond acceptors (Lipinski definition) is 2. The smallest absolute Gasteiger partial charge is 0.279 e. The van der Waals surface area contributed by atoms with Crippen molar-refractivity contribution in [1.82, 2.24) is 0 Å². The maximum atomic E-state index is 10.7. The number of hydrogen-bond donors (Lipinski definition) is 1. The molecule has 8 heteroatoms. The van der Waals surface area contributed by atoms with Gasteiger partial charge < -0.3 is 0 Å². The van der Waals surface area contributed by atoms with Gasteiger partial charge in [0.1, 0.15) is 7.28 Å². The predicted molar refractivity (Wildman–Crippen MR) is 78.4 cm³/mol. The molecule has 0 saturated heterocycles. The second kappa shape index (κ2) is 8.41. The molecule has 2 aliphatic carbocycles. The monoisotopic (exact) mass is 328 g/mol. The van der Waals surface area contributed by atoms with Crippen LogP contribution in [0, 0.1) is 0 Å². The van der Waals surface area contributed by atoms with E-state index in [1.54, 1.807) is 33.0 Å². The quantitative estimate of drug-likeness (QED) is 0.466. The van der Waals surface area contributed by atoms with Crippen LogP contribution in [0.15, 0.2) is 0 Å². The lowest BCUT2D eigenvalue weighted by atomic mass is 9.48. The Balaban J connectivity index is 0.000000240. The zero-order valence-corrected chi connectivity index (χ0v) is 13.1. The molecule has 0 heterocycles. The Morgan fingerprint density at radius 3 is 1.33 bits per heavy atom. The largest absolute Gasteiger partial charge is 0.522 e. The summed E-state index contributed by atoms with van der Waals surface area (Å²) in [7, 11) is -4.26. The molecule has 0 aromatic heterocycles. The van der Waals surface area contributed by atoms with Gasteiger partial charge >= 0.3 is 15.6 Å². The van der Waals surface area contributed by atoms with E-state index in [2.05, 4.69) is 0 Å². The molecular formula is C13H24BF3O3S. The van der Waals surface area contributed by atoms with Gasteiger partial charge in [-0.1, -0.05) is 75.8 Å². The molecule has 1 N–H and O–H groups in total. The molecule has 0 bridgehead atoms. The summed E-state index contributed by atoms with van der Waals surface area (Å²) >= 11 is 0. The van der Waals surface area contributed by atoms with Crippen LogP contribution in [0.4, 0.5) is 13.2 Å². The molecule has 0 aliphatic heterocycles. The van der Waals surface area contributed by atoms with Crippen LogP contribution < -0.4 is 0 Å². The van der Waals surface area contributed by atoms with Crippen molar-refractivity contribution < 1.29 is 26.1 Å². The third-order valence-electron chi connectivity index (χ3n) is 4.41. The molecule has 0 aromatic carbocycles. The van der Waals surface area contributed by atoms with Crippen LogP contribution in [-0.2, 0) is 10.1 Å². The van der Waals surface area contributed by atoms with Crippen LogP contribution >= 0.6 is 0 Å². The number of halogens is 3. The second-order valence-corrected chi connectivity index (χ2v) is 7.58. The lowest BCUT2D eigenvalue weighted by Crippen LogP contribution is -2.21. The van der Waals surface area contributed by atoms with Crippen LogP contribution in [0.25, 0.3) is 0 Å². The molecule has 0 radical (unpaired) electrons. The van der Waals surface area contributed by atoms with Gasteiger partial charge in [0.05, 0.1) is 0 Å². The highest BCUT2D eigenvalue weighted by Crippen LogP contribution is 2.36. The van der Waals surface area contributed by atoms with Crippen molar-refractivity contribution in [3.05, 3.63) is 0 Å². The van der Waals surface area contributed by atoms with Crippen molar-refractivity contribution in [3.63, 3.8) is 0 Å². The van der Waals surface area contributed by atoms with E-state index in [-0.39, 0.29) is 0 Å². The Labute approximate surface area is 125 Å². The maximum absolute atomic E-state index is 10.7. The van der Waals surface area contributed by atoms with E-state index >= 15 is 0 Å². The highest BCUT2D eigenvalue weighted by atomic mass is 32.2. The molecule has 2 saturated carbocycles. The van der Waals surface area contributed by atoms with Gasteiger partial charge in [0.25, 0.3) is 0 Å². The van der Waals surface area contributed by atoms with E-state index in [0.29, 0.717) is 0 Å².